The van der Waals surface area contributed by atoms with E-state index >= 15 is 0 Å². The first-order valence-corrected chi connectivity index (χ1v) is 6.05. The second kappa shape index (κ2) is 5.67. The van der Waals surface area contributed by atoms with E-state index in [0.29, 0.717) is 6.54 Å². The first-order valence-electron chi connectivity index (χ1n) is 6.05. The number of para-hydroxylation sites is 1. The third-order valence-corrected chi connectivity index (χ3v) is 3.33. The van der Waals surface area contributed by atoms with Crippen molar-refractivity contribution >= 4 is 0 Å². The van der Waals surface area contributed by atoms with Crippen molar-refractivity contribution < 1.29 is 20.1 Å². The van der Waals surface area contributed by atoms with Crippen LogP contribution in [0.1, 0.15) is 5.56 Å². The van der Waals surface area contributed by atoms with Gasteiger partial charge >= 0.3 is 0 Å². The number of benzene rings is 1. The summed E-state index contributed by atoms with van der Waals surface area (Å²) in [6, 6.07) is 7.84. The third-order valence-electron chi connectivity index (χ3n) is 3.33. The molecule has 0 radical (unpaired) electrons. The average molecular weight is 253 g/mol. The van der Waals surface area contributed by atoms with Crippen LogP contribution in [-0.4, -0.2) is 53.3 Å². The highest BCUT2D eigenvalue weighted by Crippen LogP contribution is 2.27. The number of hydrogen-bond acceptors (Lipinski definition) is 5. The molecule has 0 saturated heterocycles. The molecule has 0 aliphatic carbocycles. The van der Waals surface area contributed by atoms with E-state index < -0.39 is 5.54 Å². The zero-order valence-corrected chi connectivity index (χ0v) is 10.2. The zero-order valence-electron chi connectivity index (χ0n) is 10.2. The molecule has 0 saturated carbocycles. The maximum atomic E-state index is 9.20. The lowest BCUT2D eigenvalue weighted by Gasteiger charge is -2.30. The van der Waals surface area contributed by atoms with Crippen LogP contribution in [0.3, 0.4) is 0 Å². The molecule has 0 amide bonds. The Bertz CT molecular complexity index is 359. The van der Waals surface area contributed by atoms with Gasteiger partial charge in [0.15, 0.2) is 0 Å². The zero-order chi connectivity index (χ0) is 13.0. The summed E-state index contributed by atoms with van der Waals surface area (Å²) >= 11 is 0. The monoisotopic (exact) mass is 253 g/mol. The highest BCUT2D eigenvalue weighted by molar-refractivity contribution is 5.37. The van der Waals surface area contributed by atoms with Crippen LogP contribution in [0.2, 0.25) is 0 Å². The lowest BCUT2D eigenvalue weighted by molar-refractivity contribution is 0.0361. The van der Waals surface area contributed by atoms with Gasteiger partial charge in [0.05, 0.1) is 25.4 Å². The number of aliphatic hydroxyl groups is 3. The molecule has 5 nitrogen and oxygen atoms in total. The van der Waals surface area contributed by atoms with Gasteiger partial charge in [-0.05, 0) is 11.6 Å². The summed E-state index contributed by atoms with van der Waals surface area (Å²) in [6.07, 6.45) is 0.757. The molecule has 1 heterocycles. The van der Waals surface area contributed by atoms with Crippen molar-refractivity contribution in [2.45, 2.75) is 18.1 Å². The molecule has 0 bridgehead atoms. The number of fused-ring (bicyclic) bond motifs is 1. The van der Waals surface area contributed by atoms with Gasteiger partial charge < -0.3 is 25.4 Å². The predicted molar refractivity (Wildman–Crippen MR) is 66.6 cm³/mol. The van der Waals surface area contributed by atoms with Crippen LogP contribution >= 0.6 is 0 Å². The average Bonchev–Trinajstić information content (AvgIpc) is 2.84. The van der Waals surface area contributed by atoms with Gasteiger partial charge in [-0.1, -0.05) is 18.2 Å². The smallest absolute Gasteiger partial charge is 0.123 e. The van der Waals surface area contributed by atoms with Gasteiger partial charge in [0.25, 0.3) is 0 Å². The molecular formula is C13H19NO4. The molecule has 0 spiro atoms. The van der Waals surface area contributed by atoms with E-state index in [-0.39, 0.29) is 25.9 Å². The van der Waals surface area contributed by atoms with E-state index in [0.717, 1.165) is 17.7 Å². The molecule has 2 rings (SSSR count). The van der Waals surface area contributed by atoms with Crippen molar-refractivity contribution in [3.05, 3.63) is 29.8 Å². The first-order chi connectivity index (χ1) is 8.73. The van der Waals surface area contributed by atoms with Gasteiger partial charge in [-0.2, -0.15) is 0 Å². The standard InChI is InChI=1S/C13H19NO4/c15-7-13(8-16,9-17)14-6-11-5-10-3-1-2-4-12(10)18-11/h1-4,11,14-17H,5-9H2. The molecule has 0 fully saturated rings. The van der Waals surface area contributed by atoms with E-state index in [2.05, 4.69) is 5.32 Å². The lowest BCUT2D eigenvalue weighted by Crippen LogP contribution is -2.57. The van der Waals surface area contributed by atoms with Crippen molar-refractivity contribution in [3.8, 4) is 5.75 Å². The summed E-state index contributed by atoms with van der Waals surface area (Å²) < 4.78 is 5.73. The molecule has 18 heavy (non-hydrogen) atoms. The lowest BCUT2D eigenvalue weighted by atomic mass is 10.0. The van der Waals surface area contributed by atoms with Crippen LogP contribution in [0.4, 0.5) is 0 Å². The number of aliphatic hydroxyl groups excluding tert-OH is 3. The topological polar surface area (TPSA) is 82.0 Å². The number of nitrogens with one attached hydrogen (secondary N) is 1. The van der Waals surface area contributed by atoms with Crippen LogP contribution in [-0.2, 0) is 6.42 Å². The van der Waals surface area contributed by atoms with Crippen LogP contribution < -0.4 is 10.1 Å². The van der Waals surface area contributed by atoms with Crippen LogP contribution in [0, 0.1) is 0 Å². The Morgan fingerprint density at radius 3 is 2.44 bits per heavy atom. The Hall–Kier alpha value is -1.14. The molecule has 1 aliphatic rings. The quantitative estimate of drug-likeness (QED) is 0.539. The van der Waals surface area contributed by atoms with Crippen molar-refractivity contribution in [1.82, 2.24) is 5.32 Å². The summed E-state index contributed by atoms with van der Waals surface area (Å²) in [5.41, 5.74) is 0.116. The van der Waals surface area contributed by atoms with Gasteiger partial charge in [-0.3, -0.25) is 0 Å². The molecule has 1 aromatic carbocycles. The second-order valence-corrected chi connectivity index (χ2v) is 4.69. The van der Waals surface area contributed by atoms with E-state index in [9.17, 15) is 15.3 Å². The largest absolute Gasteiger partial charge is 0.488 e. The number of hydrogen-bond donors (Lipinski definition) is 4. The van der Waals surface area contributed by atoms with Gasteiger partial charge in [-0.15, -0.1) is 0 Å². The highest BCUT2D eigenvalue weighted by Gasteiger charge is 2.30. The first kappa shape index (κ1) is 13.3. The predicted octanol–water partition coefficient (Wildman–Crippen LogP) is -0.705. The molecule has 1 atom stereocenters. The van der Waals surface area contributed by atoms with Crippen LogP contribution in [0.25, 0.3) is 0 Å². The minimum atomic E-state index is -1.04. The number of rotatable bonds is 6. The van der Waals surface area contributed by atoms with Crippen molar-refractivity contribution in [1.29, 1.82) is 0 Å². The summed E-state index contributed by atoms with van der Waals surface area (Å²) in [4.78, 5) is 0. The van der Waals surface area contributed by atoms with Gasteiger partial charge in [0, 0.05) is 13.0 Å². The summed E-state index contributed by atoms with van der Waals surface area (Å²) in [5, 5.41) is 30.6. The fraction of sp³-hybridized carbons (Fsp3) is 0.538. The minimum Gasteiger partial charge on any atom is -0.488 e. The highest BCUT2D eigenvalue weighted by atomic mass is 16.5. The van der Waals surface area contributed by atoms with Gasteiger partial charge in [0.1, 0.15) is 11.9 Å². The Kier molecular flexibility index (Phi) is 4.19. The molecule has 5 heteroatoms. The van der Waals surface area contributed by atoms with Crippen LogP contribution in [0.15, 0.2) is 24.3 Å². The van der Waals surface area contributed by atoms with Crippen LogP contribution in [0.5, 0.6) is 5.75 Å². The second-order valence-electron chi connectivity index (χ2n) is 4.69. The summed E-state index contributed by atoms with van der Waals surface area (Å²) in [6.45, 7) is -0.491. The Labute approximate surface area is 106 Å². The molecular weight excluding hydrogens is 234 g/mol. The fourth-order valence-electron chi connectivity index (χ4n) is 2.02. The molecule has 1 aliphatic heterocycles. The van der Waals surface area contributed by atoms with E-state index in [1.807, 2.05) is 24.3 Å². The molecule has 100 valence electrons. The Balaban J connectivity index is 1.90. The van der Waals surface area contributed by atoms with E-state index in [1.54, 1.807) is 0 Å². The van der Waals surface area contributed by atoms with E-state index in [1.165, 1.54) is 0 Å². The fourth-order valence-corrected chi connectivity index (χ4v) is 2.02. The SMILES string of the molecule is OCC(CO)(CO)NCC1Cc2ccccc2O1. The maximum absolute atomic E-state index is 9.20. The molecule has 0 aromatic heterocycles. The van der Waals surface area contributed by atoms with Gasteiger partial charge in [0.2, 0.25) is 0 Å². The Morgan fingerprint density at radius 1 is 1.17 bits per heavy atom. The maximum Gasteiger partial charge on any atom is 0.123 e. The summed E-state index contributed by atoms with van der Waals surface area (Å²) in [7, 11) is 0. The Morgan fingerprint density at radius 2 is 1.83 bits per heavy atom. The molecule has 1 unspecified atom stereocenters. The third kappa shape index (κ3) is 2.64. The van der Waals surface area contributed by atoms with Crippen molar-refractivity contribution in [2.75, 3.05) is 26.4 Å². The number of ether oxygens (including phenoxy) is 1. The minimum absolute atomic E-state index is 0.0357. The van der Waals surface area contributed by atoms with Crippen molar-refractivity contribution in [3.63, 3.8) is 0 Å². The summed E-state index contributed by atoms with van der Waals surface area (Å²) in [5.74, 6) is 0.881. The van der Waals surface area contributed by atoms with Gasteiger partial charge in [-0.25, -0.2) is 0 Å². The van der Waals surface area contributed by atoms with Crippen molar-refractivity contribution in [2.24, 2.45) is 0 Å². The molecule has 1 aromatic rings. The molecule has 4 N–H and O–H groups in total. The van der Waals surface area contributed by atoms with E-state index in [4.69, 9.17) is 4.74 Å². The normalized spacial score (nSPS) is 18.5.